The molecule has 0 aromatic carbocycles. The van der Waals surface area contributed by atoms with E-state index in [9.17, 15) is 30.6 Å². The quantitative estimate of drug-likeness (QED) is 0.392. The lowest BCUT2D eigenvalue weighted by molar-refractivity contribution is -0.245. The fourth-order valence-corrected chi connectivity index (χ4v) is 4.25. The van der Waals surface area contributed by atoms with Crippen LogP contribution in [0.5, 0.6) is 0 Å². The minimum absolute atomic E-state index is 0.348. The average Bonchev–Trinajstić information content (AvgIpc) is 2.53. The molecule has 7 heteroatoms. The van der Waals surface area contributed by atoms with Crippen LogP contribution in [0.1, 0.15) is 34.1 Å². The maximum atomic E-state index is 10.7. The zero-order valence-electron chi connectivity index (χ0n) is 15.8. The molecule has 0 aromatic heterocycles. The van der Waals surface area contributed by atoms with Gasteiger partial charge < -0.3 is 35.4 Å². The summed E-state index contributed by atoms with van der Waals surface area (Å²) in [5, 5.41) is 60.2. The highest BCUT2D eigenvalue weighted by Gasteiger charge is 2.51. The molecule has 6 N–H and O–H groups in total. The number of ether oxygens (including phenoxy) is 1. The van der Waals surface area contributed by atoms with Crippen LogP contribution >= 0.6 is 0 Å². The second-order valence-electron chi connectivity index (χ2n) is 8.17. The van der Waals surface area contributed by atoms with Crippen LogP contribution in [0.2, 0.25) is 0 Å². The van der Waals surface area contributed by atoms with E-state index in [1.165, 1.54) is 0 Å². The van der Waals surface area contributed by atoms with Crippen molar-refractivity contribution in [2.24, 2.45) is 11.3 Å². The average molecular weight is 372 g/mol. The number of allylic oxidation sites excluding steroid dienone is 2. The van der Waals surface area contributed by atoms with Crippen molar-refractivity contribution in [3.05, 3.63) is 23.3 Å². The fourth-order valence-electron chi connectivity index (χ4n) is 4.25. The van der Waals surface area contributed by atoms with Gasteiger partial charge in [0.15, 0.2) is 0 Å². The van der Waals surface area contributed by atoms with Crippen LogP contribution in [0.4, 0.5) is 0 Å². The molecule has 1 fully saturated rings. The molecule has 0 radical (unpaired) electrons. The number of hydrogen-bond acceptors (Lipinski definition) is 7. The van der Waals surface area contributed by atoms with Gasteiger partial charge in [0.1, 0.15) is 24.4 Å². The van der Waals surface area contributed by atoms with E-state index in [0.29, 0.717) is 6.42 Å². The van der Waals surface area contributed by atoms with Gasteiger partial charge in [0.05, 0.1) is 24.9 Å². The van der Waals surface area contributed by atoms with Crippen LogP contribution in [0.15, 0.2) is 23.3 Å². The van der Waals surface area contributed by atoms with Crippen LogP contribution in [-0.4, -0.2) is 80.0 Å². The summed E-state index contributed by atoms with van der Waals surface area (Å²) in [6, 6.07) is 0. The molecule has 0 aromatic rings. The van der Waals surface area contributed by atoms with E-state index in [2.05, 4.69) is 0 Å². The van der Waals surface area contributed by atoms with E-state index >= 15 is 0 Å². The third-order valence-electron chi connectivity index (χ3n) is 5.61. The minimum atomic E-state index is -1.47. The van der Waals surface area contributed by atoms with Crippen molar-refractivity contribution < 1.29 is 35.4 Å². The molecule has 2 rings (SSSR count). The van der Waals surface area contributed by atoms with Crippen LogP contribution in [0.3, 0.4) is 0 Å². The molecule has 7 nitrogen and oxygen atoms in total. The molecule has 26 heavy (non-hydrogen) atoms. The number of rotatable bonds is 4. The maximum absolute atomic E-state index is 10.7. The highest BCUT2D eigenvalue weighted by atomic mass is 16.5. The molecule has 150 valence electrons. The third-order valence-corrected chi connectivity index (χ3v) is 5.61. The molecule has 1 aliphatic carbocycles. The van der Waals surface area contributed by atoms with Gasteiger partial charge in [-0.3, -0.25) is 0 Å². The second-order valence-corrected chi connectivity index (χ2v) is 8.17. The van der Waals surface area contributed by atoms with E-state index in [1.807, 2.05) is 26.8 Å². The van der Waals surface area contributed by atoms with E-state index in [4.69, 9.17) is 4.74 Å². The SMILES string of the molecule is CC1=C(/C=C/C(C)O)C(C)(C)C[C@H](O)[C@@H]1[C@@H]1O[C@H](CO)[C@@H](O)[C@H](O)[C@H]1O. The molecule has 8 atom stereocenters. The van der Waals surface area contributed by atoms with Crippen molar-refractivity contribution in [2.75, 3.05) is 6.61 Å². The summed E-state index contributed by atoms with van der Waals surface area (Å²) < 4.78 is 5.68. The Hall–Kier alpha value is -0.800. The largest absolute Gasteiger partial charge is 0.394 e. The van der Waals surface area contributed by atoms with Gasteiger partial charge in [0.2, 0.25) is 0 Å². The van der Waals surface area contributed by atoms with E-state index in [0.717, 1.165) is 11.1 Å². The van der Waals surface area contributed by atoms with E-state index in [-0.39, 0.29) is 5.41 Å². The van der Waals surface area contributed by atoms with Crippen molar-refractivity contribution in [1.82, 2.24) is 0 Å². The smallest absolute Gasteiger partial charge is 0.111 e. The lowest BCUT2D eigenvalue weighted by atomic mass is 9.65. The summed E-state index contributed by atoms with van der Waals surface area (Å²) >= 11 is 0. The molecule has 1 heterocycles. The maximum Gasteiger partial charge on any atom is 0.111 e. The molecule has 0 amide bonds. The highest BCUT2D eigenvalue weighted by molar-refractivity contribution is 5.36. The lowest BCUT2D eigenvalue weighted by Crippen LogP contribution is -2.62. The van der Waals surface area contributed by atoms with Gasteiger partial charge in [-0.15, -0.1) is 0 Å². The lowest BCUT2D eigenvalue weighted by Gasteiger charge is -2.48. The molecule has 1 unspecified atom stereocenters. The van der Waals surface area contributed by atoms with Crippen molar-refractivity contribution in [3.63, 3.8) is 0 Å². The number of aliphatic hydroxyl groups excluding tert-OH is 6. The zero-order chi connectivity index (χ0) is 19.8. The molecular formula is C19H32O7. The predicted molar refractivity (Wildman–Crippen MR) is 95.2 cm³/mol. The van der Waals surface area contributed by atoms with Gasteiger partial charge >= 0.3 is 0 Å². The predicted octanol–water partition coefficient (Wildman–Crippen LogP) is -0.511. The Balaban J connectivity index is 2.44. The molecule has 1 aliphatic heterocycles. The standard InChI is InChI=1S/C19H32O7/c1-9(21)5-6-11-10(2)14(12(22)7-19(11,3)4)18-17(25)16(24)15(23)13(8-20)26-18/h5-6,9,12-18,20-25H,7-8H2,1-4H3/b6-5+/t9?,12-,13+,14+,15+,16-,17+,18-/m0/s1. The van der Waals surface area contributed by atoms with Crippen LogP contribution in [0.25, 0.3) is 0 Å². The van der Waals surface area contributed by atoms with Crippen molar-refractivity contribution >= 4 is 0 Å². The number of aliphatic hydroxyl groups is 6. The Morgan fingerprint density at radius 3 is 2.31 bits per heavy atom. The van der Waals surface area contributed by atoms with E-state index < -0.39 is 55.3 Å². The number of hydrogen-bond donors (Lipinski definition) is 6. The molecule has 0 bridgehead atoms. The zero-order valence-corrected chi connectivity index (χ0v) is 15.8. The van der Waals surface area contributed by atoms with Crippen LogP contribution < -0.4 is 0 Å². The molecule has 0 saturated carbocycles. The van der Waals surface area contributed by atoms with Crippen molar-refractivity contribution in [2.45, 2.75) is 76.8 Å². The molecular weight excluding hydrogens is 340 g/mol. The first-order chi connectivity index (χ1) is 12.0. The van der Waals surface area contributed by atoms with Gasteiger partial charge in [-0.25, -0.2) is 0 Å². The van der Waals surface area contributed by atoms with Gasteiger partial charge in [-0.1, -0.05) is 31.6 Å². The summed E-state index contributed by atoms with van der Waals surface area (Å²) in [4.78, 5) is 0. The molecule has 1 saturated heterocycles. The Morgan fingerprint density at radius 2 is 1.77 bits per heavy atom. The van der Waals surface area contributed by atoms with Crippen LogP contribution in [0, 0.1) is 11.3 Å². The second kappa shape index (κ2) is 8.06. The fraction of sp³-hybridized carbons (Fsp3) is 0.789. The minimum Gasteiger partial charge on any atom is -0.394 e. The molecule has 2 aliphatic rings. The first-order valence-corrected chi connectivity index (χ1v) is 9.07. The Bertz CT molecular complexity index is 552. The monoisotopic (exact) mass is 372 g/mol. The summed E-state index contributed by atoms with van der Waals surface area (Å²) in [6.45, 7) is 6.95. The first-order valence-electron chi connectivity index (χ1n) is 9.07. The Morgan fingerprint density at radius 1 is 1.15 bits per heavy atom. The first kappa shape index (κ1) is 21.5. The normalized spacial score (nSPS) is 42.3. The van der Waals surface area contributed by atoms with E-state index in [1.54, 1.807) is 13.0 Å². The van der Waals surface area contributed by atoms with Crippen molar-refractivity contribution in [3.8, 4) is 0 Å². The van der Waals surface area contributed by atoms with Gasteiger partial charge in [0.25, 0.3) is 0 Å². The Labute approximate surface area is 154 Å². The topological polar surface area (TPSA) is 131 Å². The summed E-state index contributed by atoms with van der Waals surface area (Å²) in [7, 11) is 0. The summed E-state index contributed by atoms with van der Waals surface area (Å²) in [5.74, 6) is -0.608. The Kier molecular flexibility index (Phi) is 6.66. The van der Waals surface area contributed by atoms with Gasteiger partial charge in [-0.2, -0.15) is 0 Å². The summed E-state index contributed by atoms with van der Waals surface area (Å²) in [5.41, 5.74) is 1.36. The third kappa shape index (κ3) is 4.04. The molecule has 0 spiro atoms. The van der Waals surface area contributed by atoms with Gasteiger partial charge in [0, 0.05) is 5.92 Å². The summed E-state index contributed by atoms with van der Waals surface area (Å²) in [6.07, 6.45) is -3.84. The van der Waals surface area contributed by atoms with Crippen LogP contribution in [-0.2, 0) is 4.74 Å². The van der Waals surface area contributed by atoms with Crippen molar-refractivity contribution in [1.29, 1.82) is 0 Å². The van der Waals surface area contributed by atoms with Gasteiger partial charge in [-0.05, 0) is 31.3 Å². The highest BCUT2D eigenvalue weighted by Crippen LogP contribution is 2.46.